The minimum atomic E-state index is -0.507. The molecule has 1 aliphatic carbocycles. The van der Waals surface area contributed by atoms with Crippen molar-refractivity contribution >= 4 is 5.91 Å². The molecule has 0 aliphatic heterocycles. The van der Waals surface area contributed by atoms with E-state index in [0.717, 1.165) is 24.8 Å². The van der Waals surface area contributed by atoms with Crippen LogP contribution in [0.4, 0.5) is 0 Å². The van der Waals surface area contributed by atoms with Crippen molar-refractivity contribution < 1.29 is 9.90 Å². The number of aliphatic hydroxyl groups is 1. The van der Waals surface area contributed by atoms with E-state index < -0.39 is 6.10 Å². The number of amides is 1. The molecule has 0 radical (unpaired) electrons. The van der Waals surface area contributed by atoms with Gasteiger partial charge in [0, 0.05) is 12.5 Å². The summed E-state index contributed by atoms with van der Waals surface area (Å²) < 4.78 is 0. The van der Waals surface area contributed by atoms with E-state index in [1.807, 2.05) is 30.3 Å². The molecular formula is C16H21NO2. The zero-order valence-electron chi connectivity index (χ0n) is 11.1. The maximum Gasteiger partial charge on any atom is 0.223 e. The maximum absolute atomic E-state index is 11.9. The van der Waals surface area contributed by atoms with E-state index in [4.69, 9.17) is 0 Å². The van der Waals surface area contributed by atoms with Gasteiger partial charge in [-0.2, -0.15) is 0 Å². The topological polar surface area (TPSA) is 49.3 Å². The first-order valence-corrected chi connectivity index (χ1v) is 6.93. The lowest BCUT2D eigenvalue weighted by atomic mass is 9.93. The molecule has 3 nitrogen and oxygen atoms in total. The summed E-state index contributed by atoms with van der Waals surface area (Å²) in [4.78, 5) is 11.9. The van der Waals surface area contributed by atoms with Crippen molar-refractivity contribution in [3.8, 4) is 0 Å². The van der Waals surface area contributed by atoms with Crippen LogP contribution >= 0.6 is 0 Å². The van der Waals surface area contributed by atoms with Gasteiger partial charge < -0.3 is 10.4 Å². The lowest BCUT2D eigenvalue weighted by Gasteiger charge is -2.18. The first kappa shape index (κ1) is 13.8. The van der Waals surface area contributed by atoms with Gasteiger partial charge in [-0.15, -0.1) is 0 Å². The minimum Gasteiger partial charge on any atom is -0.388 e. The van der Waals surface area contributed by atoms with E-state index in [0.29, 0.717) is 13.0 Å². The molecule has 1 aromatic rings. The largest absolute Gasteiger partial charge is 0.388 e. The summed E-state index contributed by atoms with van der Waals surface area (Å²) in [6.07, 6.45) is 7.02. The summed E-state index contributed by atoms with van der Waals surface area (Å²) in [5.74, 6) is 0.225. The van der Waals surface area contributed by atoms with E-state index in [9.17, 15) is 9.90 Å². The van der Waals surface area contributed by atoms with Crippen LogP contribution in [-0.2, 0) is 4.79 Å². The molecule has 0 heterocycles. The highest BCUT2D eigenvalue weighted by Gasteiger charge is 2.18. The summed E-state index contributed by atoms with van der Waals surface area (Å²) in [6.45, 7) is 0.523. The predicted molar refractivity (Wildman–Crippen MR) is 75.5 cm³/mol. The average molecular weight is 259 g/mol. The fourth-order valence-corrected chi connectivity index (χ4v) is 2.35. The molecule has 2 rings (SSSR count). The van der Waals surface area contributed by atoms with Gasteiger partial charge in [-0.3, -0.25) is 4.79 Å². The smallest absolute Gasteiger partial charge is 0.223 e. The van der Waals surface area contributed by atoms with Gasteiger partial charge in [-0.25, -0.2) is 0 Å². The number of nitrogens with one attached hydrogen (secondary N) is 1. The molecule has 19 heavy (non-hydrogen) atoms. The van der Waals surface area contributed by atoms with Crippen LogP contribution in [0.3, 0.4) is 0 Å². The number of benzene rings is 1. The standard InChI is InChI=1S/C16H21NO2/c18-15(13-7-3-1-4-8-13)11-12-17-16(19)14-9-5-2-6-10-14/h1-5,7-8,14-15,18H,6,9-12H2,(H,17,19). The zero-order chi connectivity index (χ0) is 13.5. The van der Waals surface area contributed by atoms with Crippen molar-refractivity contribution in [2.24, 2.45) is 5.92 Å². The first-order valence-electron chi connectivity index (χ1n) is 6.93. The molecule has 1 aliphatic rings. The van der Waals surface area contributed by atoms with Crippen molar-refractivity contribution in [2.75, 3.05) is 6.54 Å². The number of carbonyl (C=O) groups excluding carboxylic acids is 1. The number of hydrogen-bond acceptors (Lipinski definition) is 2. The van der Waals surface area contributed by atoms with Crippen LogP contribution in [0.1, 0.15) is 37.4 Å². The molecule has 0 spiro atoms. The molecule has 1 aromatic carbocycles. The second kappa shape index (κ2) is 7.10. The van der Waals surface area contributed by atoms with Crippen molar-refractivity contribution in [2.45, 2.75) is 31.8 Å². The number of allylic oxidation sites excluding steroid dienone is 2. The van der Waals surface area contributed by atoms with Gasteiger partial charge in [-0.1, -0.05) is 42.5 Å². The lowest BCUT2D eigenvalue weighted by molar-refractivity contribution is -0.125. The third kappa shape index (κ3) is 4.21. The number of hydrogen-bond donors (Lipinski definition) is 2. The van der Waals surface area contributed by atoms with E-state index in [1.54, 1.807) is 0 Å². The van der Waals surface area contributed by atoms with Crippen molar-refractivity contribution in [3.63, 3.8) is 0 Å². The molecule has 0 saturated carbocycles. The van der Waals surface area contributed by atoms with Gasteiger partial charge in [0.15, 0.2) is 0 Å². The van der Waals surface area contributed by atoms with Gasteiger partial charge in [0.2, 0.25) is 5.91 Å². The Balaban J connectivity index is 1.71. The van der Waals surface area contributed by atoms with Crippen LogP contribution in [0.15, 0.2) is 42.5 Å². The summed E-state index contributed by atoms with van der Waals surface area (Å²) in [5, 5.41) is 12.9. The summed E-state index contributed by atoms with van der Waals surface area (Å²) in [5.41, 5.74) is 0.900. The van der Waals surface area contributed by atoms with E-state index in [-0.39, 0.29) is 11.8 Å². The maximum atomic E-state index is 11.9. The van der Waals surface area contributed by atoms with Gasteiger partial charge in [0.25, 0.3) is 0 Å². The van der Waals surface area contributed by atoms with Gasteiger partial charge in [-0.05, 0) is 31.2 Å². The monoisotopic (exact) mass is 259 g/mol. The van der Waals surface area contributed by atoms with Crippen molar-refractivity contribution in [1.82, 2.24) is 5.32 Å². The minimum absolute atomic E-state index is 0.110. The van der Waals surface area contributed by atoms with Crippen molar-refractivity contribution in [3.05, 3.63) is 48.0 Å². The number of carbonyl (C=O) groups is 1. The normalized spacial score (nSPS) is 19.9. The molecule has 2 unspecified atom stereocenters. The highest BCUT2D eigenvalue weighted by atomic mass is 16.3. The van der Waals surface area contributed by atoms with Crippen LogP contribution in [0.25, 0.3) is 0 Å². The third-order valence-corrected chi connectivity index (χ3v) is 3.54. The van der Waals surface area contributed by atoms with Crippen LogP contribution in [0.2, 0.25) is 0 Å². The SMILES string of the molecule is O=C(NCCC(O)c1ccccc1)C1CC=CCC1. The van der Waals surface area contributed by atoms with E-state index >= 15 is 0 Å². The third-order valence-electron chi connectivity index (χ3n) is 3.54. The second-order valence-electron chi connectivity index (χ2n) is 4.99. The Morgan fingerprint density at radius 3 is 2.79 bits per heavy atom. The number of rotatable bonds is 5. The zero-order valence-corrected chi connectivity index (χ0v) is 11.1. The molecule has 3 heteroatoms. The average Bonchev–Trinajstić information content (AvgIpc) is 2.49. The second-order valence-corrected chi connectivity index (χ2v) is 4.99. The quantitative estimate of drug-likeness (QED) is 0.798. The molecule has 0 aromatic heterocycles. The molecule has 2 atom stereocenters. The van der Waals surface area contributed by atoms with Gasteiger partial charge >= 0.3 is 0 Å². The molecule has 0 fully saturated rings. The predicted octanol–water partition coefficient (Wildman–Crippen LogP) is 2.58. The molecule has 2 N–H and O–H groups in total. The van der Waals surface area contributed by atoms with Crippen molar-refractivity contribution in [1.29, 1.82) is 0 Å². The summed E-state index contributed by atoms with van der Waals surface area (Å²) >= 11 is 0. The van der Waals surface area contributed by atoms with E-state index in [1.165, 1.54) is 0 Å². The van der Waals surface area contributed by atoms with Crippen LogP contribution < -0.4 is 5.32 Å². The fraction of sp³-hybridized carbons (Fsp3) is 0.438. The Labute approximate surface area is 114 Å². The van der Waals surface area contributed by atoms with Gasteiger partial charge in [0.05, 0.1) is 6.10 Å². The number of aliphatic hydroxyl groups excluding tert-OH is 1. The van der Waals surface area contributed by atoms with Crippen LogP contribution in [0, 0.1) is 5.92 Å². The molecule has 0 saturated heterocycles. The Bertz CT molecular complexity index is 428. The Hall–Kier alpha value is -1.61. The Kier molecular flexibility index (Phi) is 5.16. The molecule has 1 amide bonds. The highest BCUT2D eigenvalue weighted by molar-refractivity contribution is 5.78. The lowest BCUT2D eigenvalue weighted by Crippen LogP contribution is -2.32. The summed E-state index contributed by atoms with van der Waals surface area (Å²) in [7, 11) is 0. The first-order chi connectivity index (χ1) is 9.27. The fourth-order valence-electron chi connectivity index (χ4n) is 2.35. The van der Waals surface area contributed by atoms with E-state index in [2.05, 4.69) is 17.5 Å². The van der Waals surface area contributed by atoms with Crippen LogP contribution in [0.5, 0.6) is 0 Å². The Morgan fingerprint density at radius 1 is 1.32 bits per heavy atom. The summed E-state index contributed by atoms with van der Waals surface area (Å²) in [6, 6.07) is 9.54. The molecular weight excluding hydrogens is 238 g/mol. The molecule has 0 bridgehead atoms. The van der Waals surface area contributed by atoms with Gasteiger partial charge in [0.1, 0.15) is 0 Å². The highest BCUT2D eigenvalue weighted by Crippen LogP contribution is 2.18. The Morgan fingerprint density at radius 2 is 2.11 bits per heavy atom. The van der Waals surface area contributed by atoms with Crippen LogP contribution in [-0.4, -0.2) is 17.6 Å². The molecule has 102 valence electrons.